The first-order valence-corrected chi connectivity index (χ1v) is 13.3. The molecule has 3 amide bonds. The van der Waals surface area contributed by atoms with E-state index in [1.54, 1.807) is 18.6 Å². The minimum atomic E-state index is -0.400. The highest BCUT2D eigenvalue weighted by atomic mass is 32.1. The SMILES string of the molecule is O=C(C=S)NC1CN(c2ccnc(NC(=O)Nc3ccc(-c4cc5c(N6CCOCC6)ncnc5[nH]4)cc3)c2)C1. The number of carbonyl (C=O) groups is 2. The molecule has 0 saturated carbocycles. The Hall–Kier alpha value is -4.62. The van der Waals surface area contributed by atoms with E-state index in [2.05, 4.69) is 64.0 Å². The maximum absolute atomic E-state index is 12.6. The second-order valence-corrected chi connectivity index (χ2v) is 9.76. The van der Waals surface area contributed by atoms with Crippen molar-refractivity contribution in [3.63, 3.8) is 0 Å². The van der Waals surface area contributed by atoms with Crippen LogP contribution >= 0.6 is 12.2 Å². The average molecular weight is 558 g/mol. The number of aromatic amines is 1. The van der Waals surface area contributed by atoms with Gasteiger partial charge in [0, 0.05) is 55.5 Å². The smallest absolute Gasteiger partial charge is 0.324 e. The number of rotatable bonds is 7. The number of thiocarbonyl (C=S) groups is 1. The number of pyridine rings is 1. The van der Waals surface area contributed by atoms with Gasteiger partial charge >= 0.3 is 6.03 Å². The third-order valence-corrected chi connectivity index (χ3v) is 7.07. The number of benzene rings is 1. The molecule has 2 fully saturated rings. The molecule has 2 aliphatic heterocycles. The number of urea groups is 1. The fraction of sp³-hybridized carbons (Fsp3) is 0.259. The van der Waals surface area contributed by atoms with Crippen LogP contribution in [-0.2, 0) is 9.53 Å². The molecule has 12 nitrogen and oxygen atoms in total. The van der Waals surface area contributed by atoms with Gasteiger partial charge in [0.05, 0.1) is 30.0 Å². The second kappa shape index (κ2) is 11.2. The van der Waals surface area contributed by atoms with E-state index >= 15 is 0 Å². The number of hydrogen-bond donors (Lipinski definition) is 4. The monoisotopic (exact) mass is 557 g/mol. The van der Waals surface area contributed by atoms with Gasteiger partial charge in [0.1, 0.15) is 23.6 Å². The zero-order valence-electron chi connectivity index (χ0n) is 21.5. The Balaban J connectivity index is 1.07. The molecular weight excluding hydrogens is 530 g/mol. The molecule has 3 aromatic heterocycles. The van der Waals surface area contributed by atoms with Crippen molar-refractivity contribution in [2.75, 3.05) is 59.8 Å². The molecule has 0 atom stereocenters. The lowest BCUT2D eigenvalue weighted by molar-refractivity contribution is -0.115. The first-order valence-electron chi connectivity index (χ1n) is 12.9. The second-order valence-electron chi connectivity index (χ2n) is 9.53. The van der Waals surface area contributed by atoms with E-state index in [9.17, 15) is 9.59 Å². The predicted octanol–water partition coefficient (Wildman–Crippen LogP) is 2.81. The van der Waals surface area contributed by atoms with E-state index in [1.165, 1.54) is 0 Å². The number of ether oxygens (including phenoxy) is 1. The molecule has 4 aromatic rings. The van der Waals surface area contributed by atoms with Gasteiger partial charge in [-0.1, -0.05) is 24.4 Å². The Morgan fingerprint density at radius 3 is 2.58 bits per heavy atom. The molecule has 40 heavy (non-hydrogen) atoms. The molecule has 4 N–H and O–H groups in total. The molecule has 0 radical (unpaired) electrons. The fourth-order valence-corrected chi connectivity index (χ4v) is 4.89. The van der Waals surface area contributed by atoms with Crippen LogP contribution in [0.3, 0.4) is 0 Å². The number of nitrogens with one attached hydrogen (secondary N) is 4. The summed E-state index contributed by atoms with van der Waals surface area (Å²) in [5, 5.41) is 10.5. The van der Waals surface area contributed by atoms with Gasteiger partial charge in [0.25, 0.3) is 5.91 Å². The van der Waals surface area contributed by atoms with Crippen LogP contribution in [0.2, 0.25) is 0 Å². The van der Waals surface area contributed by atoms with Crippen LogP contribution in [0.25, 0.3) is 22.3 Å². The Kier molecular flexibility index (Phi) is 7.21. The average Bonchev–Trinajstić information content (AvgIpc) is 3.40. The number of amides is 3. The van der Waals surface area contributed by atoms with Crippen LogP contribution in [-0.4, -0.2) is 82.7 Å². The zero-order chi connectivity index (χ0) is 27.5. The number of fused-ring (bicyclic) bond motifs is 1. The Bertz CT molecular complexity index is 1550. The van der Waals surface area contributed by atoms with Crippen molar-refractivity contribution in [2.24, 2.45) is 0 Å². The highest BCUT2D eigenvalue weighted by Gasteiger charge is 2.28. The molecule has 5 heterocycles. The summed E-state index contributed by atoms with van der Waals surface area (Å²) in [5.74, 6) is 1.07. The van der Waals surface area contributed by atoms with Gasteiger partial charge in [0.2, 0.25) is 0 Å². The fourth-order valence-electron chi connectivity index (χ4n) is 4.82. The van der Waals surface area contributed by atoms with E-state index in [4.69, 9.17) is 4.74 Å². The van der Waals surface area contributed by atoms with E-state index < -0.39 is 6.03 Å². The van der Waals surface area contributed by atoms with Crippen molar-refractivity contribution in [3.8, 4) is 11.3 Å². The summed E-state index contributed by atoms with van der Waals surface area (Å²) in [6, 6.07) is 12.9. The van der Waals surface area contributed by atoms with Crippen molar-refractivity contribution in [1.82, 2.24) is 25.3 Å². The third kappa shape index (κ3) is 5.55. The predicted molar refractivity (Wildman–Crippen MR) is 157 cm³/mol. The molecule has 6 rings (SSSR count). The van der Waals surface area contributed by atoms with Gasteiger partial charge < -0.3 is 30.2 Å². The number of hydrogen-bond acceptors (Lipinski definition) is 9. The number of H-pyrrole nitrogens is 1. The van der Waals surface area contributed by atoms with Crippen molar-refractivity contribution in [3.05, 3.63) is 55.0 Å². The van der Waals surface area contributed by atoms with Crippen LogP contribution in [0.15, 0.2) is 55.0 Å². The summed E-state index contributed by atoms with van der Waals surface area (Å²) in [7, 11) is 0. The van der Waals surface area contributed by atoms with Crippen LogP contribution in [0.1, 0.15) is 0 Å². The summed E-state index contributed by atoms with van der Waals surface area (Å²) < 4.78 is 5.47. The van der Waals surface area contributed by atoms with Gasteiger partial charge in [-0.3, -0.25) is 10.1 Å². The number of anilines is 4. The number of aromatic nitrogens is 4. The molecule has 2 aliphatic rings. The molecule has 0 unspecified atom stereocenters. The molecule has 204 valence electrons. The van der Waals surface area contributed by atoms with E-state index in [1.807, 2.05) is 30.3 Å². The molecule has 0 spiro atoms. The quantitative estimate of drug-likeness (QED) is 0.253. The van der Waals surface area contributed by atoms with Gasteiger partial charge in [-0.25, -0.2) is 19.7 Å². The first kappa shape index (κ1) is 25.6. The van der Waals surface area contributed by atoms with Crippen molar-refractivity contribution in [1.29, 1.82) is 0 Å². The Morgan fingerprint density at radius 2 is 1.80 bits per heavy atom. The molecule has 0 bridgehead atoms. The number of carbonyl (C=O) groups excluding carboxylic acids is 2. The number of nitrogens with zero attached hydrogens (tertiary/aromatic N) is 5. The Morgan fingerprint density at radius 1 is 1.00 bits per heavy atom. The van der Waals surface area contributed by atoms with Gasteiger partial charge in [-0.05, 0) is 29.8 Å². The topological polar surface area (TPSA) is 140 Å². The first-order chi connectivity index (χ1) is 19.6. The highest BCUT2D eigenvalue weighted by molar-refractivity contribution is 7.80. The van der Waals surface area contributed by atoms with Crippen LogP contribution < -0.4 is 25.8 Å². The van der Waals surface area contributed by atoms with Crippen LogP contribution in [0, 0.1) is 0 Å². The summed E-state index contributed by atoms with van der Waals surface area (Å²) in [6.07, 6.45) is 3.21. The summed E-state index contributed by atoms with van der Waals surface area (Å²) in [6.45, 7) is 4.27. The lowest BCUT2D eigenvalue weighted by Crippen LogP contribution is -2.59. The molecule has 0 aliphatic carbocycles. The number of morpholine rings is 1. The molecule has 1 aromatic carbocycles. The minimum Gasteiger partial charge on any atom is -0.378 e. The summed E-state index contributed by atoms with van der Waals surface area (Å²) in [4.78, 5) is 44.9. The maximum Gasteiger partial charge on any atom is 0.324 e. The third-order valence-electron chi connectivity index (χ3n) is 6.85. The van der Waals surface area contributed by atoms with Gasteiger partial charge in [0.15, 0.2) is 0 Å². The van der Waals surface area contributed by atoms with Gasteiger partial charge in [-0.15, -0.1) is 0 Å². The standard InChI is InChI=1S/C27H27N9O3S/c37-24(15-40)31-19-13-36(14-19)20-5-6-28-23(11-20)34-27(38)32-18-3-1-17(2-4-18)22-12-21-25(33-22)29-16-30-26(21)35-7-9-39-10-8-35/h1-6,11-12,15-16,19H,7-10,13-14H2,(H,31,37)(H,29,30,33)(H2,28,32,34,38). The normalized spacial score (nSPS) is 15.4. The van der Waals surface area contributed by atoms with Crippen molar-refractivity contribution < 1.29 is 14.3 Å². The Labute approximate surface area is 235 Å². The zero-order valence-corrected chi connectivity index (χ0v) is 22.3. The lowest BCUT2D eigenvalue weighted by Gasteiger charge is -2.41. The maximum atomic E-state index is 12.6. The highest BCUT2D eigenvalue weighted by Crippen LogP contribution is 2.30. The lowest BCUT2D eigenvalue weighted by atomic mass is 10.1. The molecule has 2 saturated heterocycles. The van der Waals surface area contributed by atoms with Crippen LogP contribution in [0.5, 0.6) is 0 Å². The molecular formula is C27H27N9O3S. The summed E-state index contributed by atoms with van der Waals surface area (Å²) in [5.41, 5.74) is 4.19. The molecule has 13 heteroatoms. The van der Waals surface area contributed by atoms with E-state index in [-0.39, 0.29) is 11.9 Å². The largest absolute Gasteiger partial charge is 0.378 e. The van der Waals surface area contributed by atoms with Crippen molar-refractivity contribution >= 4 is 63.6 Å². The summed E-state index contributed by atoms with van der Waals surface area (Å²) >= 11 is 4.64. The van der Waals surface area contributed by atoms with Gasteiger partial charge in [-0.2, -0.15) is 0 Å². The van der Waals surface area contributed by atoms with E-state index in [0.717, 1.165) is 52.3 Å². The van der Waals surface area contributed by atoms with E-state index in [0.29, 0.717) is 37.8 Å². The van der Waals surface area contributed by atoms with Crippen LogP contribution in [0.4, 0.5) is 27.8 Å². The van der Waals surface area contributed by atoms with Crippen molar-refractivity contribution in [2.45, 2.75) is 6.04 Å². The minimum absolute atomic E-state index is 0.0478.